The van der Waals surface area contributed by atoms with Crippen molar-refractivity contribution in [2.75, 3.05) is 0 Å². The van der Waals surface area contributed by atoms with Crippen molar-refractivity contribution in [3.63, 3.8) is 0 Å². The van der Waals surface area contributed by atoms with Crippen LogP contribution in [0.15, 0.2) is 60.8 Å². The number of benzene rings is 2. The van der Waals surface area contributed by atoms with Crippen LogP contribution < -0.4 is 4.74 Å². The number of ether oxygens (including phenoxy) is 1. The molecule has 0 radical (unpaired) electrons. The van der Waals surface area contributed by atoms with E-state index >= 15 is 0 Å². The van der Waals surface area contributed by atoms with Crippen LogP contribution in [0.4, 0.5) is 8.78 Å². The van der Waals surface area contributed by atoms with E-state index in [-0.39, 0.29) is 5.56 Å². The van der Waals surface area contributed by atoms with Gasteiger partial charge in [-0.3, -0.25) is 9.78 Å². The number of allylic oxidation sites excluding steroid dienone is 1. The third kappa shape index (κ3) is 4.68. The predicted octanol–water partition coefficient (Wildman–Crippen LogP) is 5.45. The van der Waals surface area contributed by atoms with Gasteiger partial charge < -0.3 is 4.74 Å². The Balaban J connectivity index is 1.74. The number of pyridine rings is 1. The van der Waals surface area contributed by atoms with E-state index in [2.05, 4.69) is 4.98 Å². The molecule has 3 aromatic rings. The number of halogens is 2. The lowest BCUT2D eigenvalue weighted by molar-refractivity contribution is 0.104. The Bertz CT molecular complexity index is 1010. The first-order chi connectivity index (χ1) is 13.4. The molecule has 0 atom stereocenters. The molecule has 0 bridgehead atoms. The highest BCUT2D eigenvalue weighted by Crippen LogP contribution is 2.26. The van der Waals surface area contributed by atoms with Gasteiger partial charge in [0.2, 0.25) is 0 Å². The number of carbonyl (C=O) groups is 1. The fourth-order valence-electron chi connectivity index (χ4n) is 2.89. The first-order valence-electron chi connectivity index (χ1n) is 8.75. The molecule has 0 amide bonds. The van der Waals surface area contributed by atoms with Crippen molar-refractivity contribution in [3.8, 4) is 5.75 Å². The summed E-state index contributed by atoms with van der Waals surface area (Å²) in [5.41, 5.74) is 3.28. The molecular weight excluding hydrogens is 360 g/mol. The van der Waals surface area contributed by atoms with E-state index in [0.29, 0.717) is 12.7 Å². The Morgan fingerprint density at radius 3 is 2.46 bits per heavy atom. The first-order valence-corrected chi connectivity index (χ1v) is 8.75. The maximum absolute atomic E-state index is 13.7. The van der Waals surface area contributed by atoms with Crippen LogP contribution in [0.5, 0.6) is 5.75 Å². The fraction of sp³-hybridized carbons (Fsp3) is 0.130. The summed E-state index contributed by atoms with van der Waals surface area (Å²) in [6.45, 7) is 4.19. The highest BCUT2D eigenvalue weighted by atomic mass is 19.1. The van der Waals surface area contributed by atoms with Crippen LogP contribution in [0.2, 0.25) is 0 Å². The molecule has 28 heavy (non-hydrogen) atoms. The number of aryl methyl sites for hydroxylation is 2. The summed E-state index contributed by atoms with van der Waals surface area (Å²) in [4.78, 5) is 16.4. The second-order valence-corrected chi connectivity index (χ2v) is 6.42. The van der Waals surface area contributed by atoms with Crippen LogP contribution in [-0.4, -0.2) is 10.8 Å². The van der Waals surface area contributed by atoms with Crippen LogP contribution >= 0.6 is 0 Å². The van der Waals surface area contributed by atoms with Crippen molar-refractivity contribution >= 4 is 11.9 Å². The van der Waals surface area contributed by atoms with Gasteiger partial charge in [-0.15, -0.1) is 0 Å². The van der Waals surface area contributed by atoms with E-state index in [1.807, 2.05) is 44.2 Å². The summed E-state index contributed by atoms with van der Waals surface area (Å²) in [6.07, 6.45) is 4.60. The van der Waals surface area contributed by atoms with Gasteiger partial charge in [0.25, 0.3) is 0 Å². The Labute approximate surface area is 162 Å². The third-order valence-corrected chi connectivity index (χ3v) is 4.20. The van der Waals surface area contributed by atoms with Gasteiger partial charge in [-0.2, -0.15) is 0 Å². The SMILES string of the molecule is Cc1cc(/C=C/C(=O)c2ccc(F)cc2F)cc(C)c1OCc1ccccn1. The summed E-state index contributed by atoms with van der Waals surface area (Å²) in [5, 5.41) is 0. The quantitative estimate of drug-likeness (QED) is 0.422. The molecule has 2 aromatic carbocycles. The van der Waals surface area contributed by atoms with E-state index in [1.165, 1.54) is 6.08 Å². The molecule has 0 saturated carbocycles. The second-order valence-electron chi connectivity index (χ2n) is 6.42. The Hall–Kier alpha value is -3.34. The largest absolute Gasteiger partial charge is 0.487 e. The fourth-order valence-corrected chi connectivity index (χ4v) is 2.89. The zero-order valence-electron chi connectivity index (χ0n) is 15.6. The van der Waals surface area contributed by atoms with Crippen molar-refractivity contribution in [1.29, 1.82) is 0 Å². The molecule has 1 aromatic heterocycles. The van der Waals surface area contributed by atoms with Gasteiger partial charge in [-0.25, -0.2) is 8.78 Å². The molecule has 3 rings (SSSR count). The van der Waals surface area contributed by atoms with Gasteiger partial charge in [0, 0.05) is 12.3 Å². The number of ketones is 1. The van der Waals surface area contributed by atoms with E-state index < -0.39 is 17.4 Å². The highest BCUT2D eigenvalue weighted by Gasteiger charge is 2.10. The van der Waals surface area contributed by atoms with Crippen LogP contribution in [0.1, 0.15) is 32.7 Å². The highest BCUT2D eigenvalue weighted by molar-refractivity contribution is 6.07. The molecule has 142 valence electrons. The summed E-state index contributed by atoms with van der Waals surface area (Å²) in [7, 11) is 0. The molecule has 0 saturated heterocycles. The van der Waals surface area contributed by atoms with Gasteiger partial charge in [0.15, 0.2) is 5.78 Å². The van der Waals surface area contributed by atoms with Gasteiger partial charge in [-0.1, -0.05) is 12.1 Å². The Morgan fingerprint density at radius 2 is 1.82 bits per heavy atom. The van der Waals surface area contributed by atoms with Crippen molar-refractivity contribution in [1.82, 2.24) is 4.98 Å². The van der Waals surface area contributed by atoms with E-state index in [0.717, 1.165) is 40.3 Å². The number of carbonyl (C=O) groups excluding carboxylic acids is 1. The minimum Gasteiger partial charge on any atom is -0.487 e. The first kappa shape index (κ1) is 19.4. The topological polar surface area (TPSA) is 39.2 Å². The lowest BCUT2D eigenvalue weighted by Gasteiger charge is -2.13. The lowest BCUT2D eigenvalue weighted by Crippen LogP contribution is -2.01. The summed E-state index contributed by atoms with van der Waals surface area (Å²) in [5.74, 6) is -1.35. The molecule has 5 heteroatoms. The standard InChI is InChI=1S/C23H19F2NO2/c1-15-11-17(6-9-22(27)20-8-7-18(24)13-21(20)25)12-16(2)23(15)28-14-19-5-3-4-10-26-19/h3-13H,14H2,1-2H3/b9-6+. The second kappa shape index (κ2) is 8.57. The number of hydrogen-bond donors (Lipinski definition) is 0. The normalized spacial score (nSPS) is 11.0. The summed E-state index contributed by atoms with van der Waals surface area (Å²) < 4.78 is 32.6. The summed E-state index contributed by atoms with van der Waals surface area (Å²) in [6, 6.07) is 12.3. The molecule has 0 unspecified atom stereocenters. The van der Waals surface area contributed by atoms with Gasteiger partial charge >= 0.3 is 0 Å². The van der Waals surface area contributed by atoms with Gasteiger partial charge in [0.1, 0.15) is 24.0 Å². The van der Waals surface area contributed by atoms with Crippen LogP contribution in [0, 0.1) is 25.5 Å². The van der Waals surface area contributed by atoms with Crippen molar-refractivity contribution in [2.45, 2.75) is 20.5 Å². The molecule has 0 aliphatic carbocycles. The molecule has 1 heterocycles. The molecule has 0 aliphatic rings. The van der Waals surface area contributed by atoms with E-state index in [4.69, 9.17) is 4.74 Å². The third-order valence-electron chi connectivity index (χ3n) is 4.20. The number of rotatable bonds is 6. The number of nitrogens with zero attached hydrogens (tertiary/aromatic N) is 1. The van der Waals surface area contributed by atoms with Crippen LogP contribution in [0.3, 0.4) is 0 Å². The van der Waals surface area contributed by atoms with Crippen molar-refractivity contribution < 1.29 is 18.3 Å². The lowest BCUT2D eigenvalue weighted by atomic mass is 10.0. The Morgan fingerprint density at radius 1 is 1.07 bits per heavy atom. The van der Waals surface area contributed by atoms with Crippen LogP contribution in [0.25, 0.3) is 6.08 Å². The minimum atomic E-state index is -0.875. The molecule has 0 aliphatic heterocycles. The molecular formula is C23H19F2NO2. The Kier molecular flexibility index (Phi) is 5.94. The molecule has 0 spiro atoms. The molecule has 0 N–H and O–H groups in total. The average Bonchev–Trinajstić information content (AvgIpc) is 2.66. The maximum Gasteiger partial charge on any atom is 0.188 e. The number of aromatic nitrogens is 1. The number of hydrogen-bond acceptors (Lipinski definition) is 3. The van der Waals surface area contributed by atoms with Crippen molar-refractivity contribution in [3.05, 3.63) is 100 Å². The molecule has 3 nitrogen and oxygen atoms in total. The average molecular weight is 379 g/mol. The van der Waals surface area contributed by atoms with Crippen LogP contribution in [-0.2, 0) is 6.61 Å². The smallest absolute Gasteiger partial charge is 0.188 e. The minimum absolute atomic E-state index is 0.165. The monoisotopic (exact) mass is 379 g/mol. The summed E-state index contributed by atoms with van der Waals surface area (Å²) >= 11 is 0. The zero-order chi connectivity index (χ0) is 20.1. The van der Waals surface area contributed by atoms with E-state index in [1.54, 1.807) is 12.3 Å². The maximum atomic E-state index is 13.7. The molecule has 0 fully saturated rings. The van der Waals surface area contributed by atoms with Gasteiger partial charge in [-0.05, 0) is 73.0 Å². The van der Waals surface area contributed by atoms with E-state index in [9.17, 15) is 13.6 Å². The zero-order valence-corrected chi connectivity index (χ0v) is 15.6. The predicted molar refractivity (Wildman–Crippen MR) is 104 cm³/mol. The van der Waals surface area contributed by atoms with Gasteiger partial charge in [0.05, 0.1) is 11.3 Å². The van der Waals surface area contributed by atoms with Crippen molar-refractivity contribution in [2.24, 2.45) is 0 Å².